The maximum Gasteiger partial charge on any atom is 0.306 e. The maximum absolute atomic E-state index is 11.2. The molecule has 0 spiro atoms. The van der Waals surface area contributed by atoms with Gasteiger partial charge in [0.05, 0.1) is 12.5 Å². The third-order valence-corrected chi connectivity index (χ3v) is 4.86. The molecular weight excluding hydrogens is 266 g/mol. The monoisotopic (exact) mass is 289 g/mol. The van der Waals surface area contributed by atoms with Gasteiger partial charge in [0.25, 0.3) is 0 Å². The Labute approximate surface area is 125 Å². The Kier molecular flexibility index (Phi) is 4.44. The first-order chi connectivity index (χ1) is 10.3. The van der Waals surface area contributed by atoms with Crippen LogP contribution in [0.3, 0.4) is 0 Å². The smallest absolute Gasteiger partial charge is 0.306 e. The quantitative estimate of drug-likeness (QED) is 0.875. The highest BCUT2D eigenvalue weighted by molar-refractivity contribution is 5.70. The van der Waals surface area contributed by atoms with E-state index in [0.717, 1.165) is 51.1 Å². The lowest BCUT2D eigenvalue weighted by Crippen LogP contribution is -2.32. The van der Waals surface area contributed by atoms with Crippen molar-refractivity contribution in [3.63, 3.8) is 0 Å². The van der Waals surface area contributed by atoms with Gasteiger partial charge in [-0.25, -0.2) is 0 Å². The third-order valence-electron chi connectivity index (χ3n) is 4.86. The van der Waals surface area contributed by atoms with Gasteiger partial charge < -0.3 is 15.2 Å². The summed E-state index contributed by atoms with van der Waals surface area (Å²) < 4.78 is 5.68. The number of carboxylic acid groups (broad SMARTS) is 1. The highest BCUT2D eigenvalue weighted by Gasteiger charge is 2.32. The minimum Gasteiger partial charge on any atom is -0.493 e. The van der Waals surface area contributed by atoms with E-state index in [9.17, 15) is 9.90 Å². The third kappa shape index (κ3) is 3.21. The summed E-state index contributed by atoms with van der Waals surface area (Å²) in [6.07, 6.45) is 3.94. The van der Waals surface area contributed by atoms with Crippen LogP contribution < -0.4 is 10.1 Å². The summed E-state index contributed by atoms with van der Waals surface area (Å²) in [4.78, 5) is 11.2. The lowest BCUT2D eigenvalue weighted by molar-refractivity contribution is -0.142. The molecular formula is C17H23NO3. The predicted octanol–water partition coefficient (Wildman–Crippen LogP) is 2.64. The van der Waals surface area contributed by atoms with E-state index in [0.29, 0.717) is 5.92 Å². The first kappa shape index (κ1) is 14.4. The molecule has 21 heavy (non-hydrogen) atoms. The number of benzene rings is 1. The van der Waals surface area contributed by atoms with Gasteiger partial charge in [-0.2, -0.15) is 0 Å². The molecule has 0 amide bonds. The maximum atomic E-state index is 11.2. The zero-order chi connectivity index (χ0) is 14.7. The number of hydrogen-bond acceptors (Lipinski definition) is 3. The van der Waals surface area contributed by atoms with Crippen molar-refractivity contribution in [2.45, 2.75) is 31.6 Å². The van der Waals surface area contributed by atoms with E-state index in [-0.39, 0.29) is 11.8 Å². The van der Waals surface area contributed by atoms with E-state index in [1.165, 1.54) is 5.56 Å². The molecule has 4 heteroatoms. The van der Waals surface area contributed by atoms with Crippen LogP contribution in [-0.2, 0) is 4.79 Å². The molecule has 3 rings (SSSR count). The summed E-state index contributed by atoms with van der Waals surface area (Å²) in [5.41, 5.74) is 1.28. The van der Waals surface area contributed by atoms with Gasteiger partial charge in [-0.1, -0.05) is 24.6 Å². The van der Waals surface area contributed by atoms with Gasteiger partial charge in [-0.3, -0.25) is 4.79 Å². The van der Waals surface area contributed by atoms with Crippen LogP contribution in [0, 0.1) is 11.8 Å². The summed E-state index contributed by atoms with van der Waals surface area (Å²) in [6.45, 7) is 2.49. The molecule has 1 saturated carbocycles. The Morgan fingerprint density at radius 1 is 1.24 bits per heavy atom. The molecule has 1 aromatic carbocycles. The number of carbonyl (C=O) groups is 1. The fraction of sp³-hybridized carbons (Fsp3) is 0.588. The summed E-state index contributed by atoms with van der Waals surface area (Å²) in [6, 6.07) is 8.22. The van der Waals surface area contributed by atoms with Gasteiger partial charge in [-0.15, -0.1) is 0 Å². The Balaban J connectivity index is 1.53. The summed E-state index contributed by atoms with van der Waals surface area (Å²) in [7, 11) is 0. The molecule has 1 aliphatic carbocycles. The van der Waals surface area contributed by atoms with Crippen LogP contribution in [-0.4, -0.2) is 30.8 Å². The van der Waals surface area contributed by atoms with E-state index in [2.05, 4.69) is 17.4 Å². The SMILES string of the molecule is O=C(O)C1CCCC1CNCC1CCOc2ccccc21. The van der Waals surface area contributed by atoms with Gasteiger partial charge in [0.1, 0.15) is 5.75 Å². The second-order valence-electron chi connectivity index (χ2n) is 6.17. The number of nitrogens with one attached hydrogen (secondary N) is 1. The lowest BCUT2D eigenvalue weighted by atomic mass is 9.92. The molecule has 114 valence electrons. The molecule has 2 aliphatic rings. The van der Waals surface area contributed by atoms with Crippen LogP contribution in [0.15, 0.2) is 24.3 Å². The summed E-state index contributed by atoms with van der Waals surface area (Å²) in [5, 5.41) is 12.7. The molecule has 0 aromatic heterocycles. The van der Waals surface area contributed by atoms with Gasteiger partial charge in [0, 0.05) is 12.5 Å². The molecule has 0 radical (unpaired) electrons. The van der Waals surface area contributed by atoms with Crippen LogP contribution in [0.1, 0.15) is 37.2 Å². The summed E-state index contributed by atoms with van der Waals surface area (Å²) >= 11 is 0. The van der Waals surface area contributed by atoms with Gasteiger partial charge in [-0.05, 0) is 43.4 Å². The molecule has 3 atom stereocenters. The van der Waals surface area contributed by atoms with Crippen molar-refractivity contribution in [3.8, 4) is 5.75 Å². The van der Waals surface area contributed by atoms with E-state index in [1.54, 1.807) is 0 Å². The van der Waals surface area contributed by atoms with E-state index < -0.39 is 5.97 Å². The van der Waals surface area contributed by atoms with Crippen molar-refractivity contribution in [2.24, 2.45) is 11.8 Å². The van der Waals surface area contributed by atoms with E-state index in [1.807, 2.05) is 12.1 Å². The van der Waals surface area contributed by atoms with Crippen molar-refractivity contribution in [1.29, 1.82) is 0 Å². The van der Waals surface area contributed by atoms with Crippen molar-refractivity contribution in [3.05, 3.63) is 29.8 Å². The average molecular weight is 289 g/mol. The Morgan fingerprint density at radius 3 is 2.95 bits per heavy atom. The minimum absolute atomic E-state index is 0.153. The normalized spacial score (nSPS) is 27.9. The lowest BCUT2D eigenvalue weighted by Gasteiger charge is -2.27. The standard InChI is InChI=1S/C17H23NO3/c19-17(20)15-6-3-4-12(15)10-18-11-13-8-9-21-16-7-2-1-5-14(13)16/h1-2,5,7,12-13,15,18H,3-4,6,8-11H2,(H,19,20). The first-order valence-electron chi connectivity index (χ1n) is 7.91. The second kappa shape index (κ2) is 6.48. The van der Waals surface area contributed by atoms with Crippen molar-refractivity contribution in [1.82, 2.24) is 5.32 Å². The van der Waals surface area contributed by atoms with Crippen LogP contribution in [0.4, 0.5) is 0 Å². The molecule has 2 N–H and O–H groups in total. The molecule has 0 saturated heterocycles. The van der Waals surface area contributed by atoms with Crippen LogP contribution >= 0.6 is 0 Å². The number of carboxylic acids is 1. The molecule has 1 aromatic rings. The van der Waals surface area contributed by atoms with Crippen molar-refractivity contribution < 1.29 is 14.6 Å². The minimum atomic E-state index is -0.629. The van der Waals surface area contributed by atoms with E-state index in [4.69, 9.17) is 4.74 Å². The molecule has 1 fully saturated rings. The van der Waals surface area contributed by atoms with Crippen LogP contribution in [0.2, 0.25) is 0 Å². The molecule has 0 bridgehead atoms. The average Bonchev–Trinajstić information content (AvgIpc) is 2.96. The fourth-order valence-electron chi connectivity index (χ4n) is 3.68. The second-order valence-corrected chi connectivity index (χ2v) is 6.17. The number of fused-ring (bicyclic) bond motifs is 1. The van der Waals surface area contributed by atoms with Gasteiger partial charge in [0.15, 0.2) is 0 Å². The predicted molar refractivity (Wildman–Crippen MR) is 80.6 cm³/mol. The highest BCUT2D eigenvalue weighted by Crippen LogP contribution is 2.34. The summed E-state index contributed by atoms with van der Waals surface area (Å²) in [5.74, 6) is 0.979. The topological polar surface area (TPSA) is 58.6 Å². The van der Waals surface area contributed by atoms with Crippen LogP contribution in [0.5, 0.6) is 5.75 Å². The Hall–Kier alpha value is -1.55. The first-order valence-corrected chi connectivity index (χ1v) is 7.91. The Morgan fingerprint density at radius 2 is 2.10 bits per heavy atom. The number of ether oxygens (including phenoxy) is 1. The zero-order valence-electron chi connectivity index (χ0n) is 12.3. The number of rotatable bonds is 5. The Bertz CT molecular complexity index is 503. The number of aliphatic carboxylic acids is 1. The molecule has 1 aliphatic heterocycles. The number of para-hydroxylation sites is 1. The van der Waals surface area contributed by atoms with Gasteiger partial charge in [0.2, 0.25) is 0 Å². The molecule has 4 nitrogen and oxygen atoms in total. The highest BCUT2D eigenvalue weighted by atomic mass is 16.5. The zero-order valence-corrected chi connectivity index (χ0v) is 12.3. The van der Waals surface area contributed by atoms with E-state index >= 15 is 0 Å². The van der Waals surface area contributed by atoms with Crippen molar-refractivity contribution >= 4 is 5.97 Å². The number of hydrogen-bond donors (Lipinski definition) is 2. The molecule has 1 heterocycles. The van der Waals surface area contributed by atoms with Gasteiger partial charge >= 0.3 is 5.97 Å². The van der Waals surface area contributed by atoms with Crippen molar-refractivity contribution in [2.75, 3.05) is 19.7 Å². The van der Waals surface area contributed by atoms with Crippen LogP contribution in [0.25, 0.3) is 0 Å². The largest absolute Gasteiger partial charge is 0.493 e. The molecule has 3 unspecified atom stereocenters. The fourth-order valence-corrected chi connectivity index (χ4v) is 3.68.